The van der Waals surface area contributed by atoms with Crippen LogP contribution in [-0.4, -0.2) is 36.3 Å². The molecule has 112 valence electrons. The van der Waals surface area contributed by atoms with Gasteiger partial charge in [-0.3, -0.25) is 9.67 Å². The molecule has 3 aromatic heterocycles. The molecule has 7 heteroatoms. The lowest BCUT2D eigenvalue weighted by Crippen LogP contribution is -2.09. The van der Waals surface area contributed by atoms with E-state index >= 15 is 0 Å². The van der Waals surface area contributed by atoms with Crippen LogP contribution < -0.4 is 5.32 Å². The fourth-order valence-corrected chi connectivity index (χ4v) is 2.09. The van der Waals surface area contributed by atoms with Gasteiger partial charge in [0, 0.05) is 42.8 Å². The maximum absolute atomic E-state index is 4.54. The van der Waals surface area contributed by atoms with Gasteiger partial charge in [-0.2, -0.15) is 5.10 Å². The third-order valence-electron chi connectivity index (χ3n) is 3.11. The fraction of sp³-hybridized carbons (Fsp3) is 0.267. The van der Waals surface area contributed by atoms with Crippen molar-refractivity contribution in [1.29, 1.82) is 0 Å². The van der Waals surface area contributed by atoms with E-state index in [0.717, 1.165) is 36.6 Å². The summed E-state index contributed by atoms with van der Waals surface area (Å²) in [7, 11) is 0. The summed E-state index contributed by atoms with van der Waals surface area (Å²) in [6.07, 6.45) is 7.71. The minimum Gasteiger partial charge on any atom is -0.370 e. The van der Waals surface area contributed by atoms with E-state index in [1.807, 2.05) is 29.8 Å². The van der Waals surface area contributed by atoms with Gasteiger partial charge in [0.05, 0.1) is 0 Å². The molecule has 0 saturated carbocycles. The predicted molar refractivity (Wildman–Crippen MR) is 83.1 cm³/mol. The molecule has 0 saturated heterocycles. The second kappa shape index (κ2) is 6.75. The van der Waals surface area contributed by atoms with Crippen molar-refractivity contribution in [1.82, 2.24) is 29.7 Å². The first-order chi connectivity index (χ1) is 10.8. The minimum atomic E-state index is 0.687. The highest BCUT2D eigenvalue weighted by Crippen LogP contribution is 2.16. The van der Waals surface area contributed by atoms with Gasteiger partial charge in [0.2, 0.25) is 0 Å². The zero-order valence-electron chi connectivity index (χ0n) is 12.3. The number of hydrogen-bond donors (Lipinski definition) is 1. The van der Waals surface area contributed by atoms with Crippen LogP contribution in [0.15, 0.2) is 43.2 Å². The number of nitrogens with one attached hydrogen (secondary N) is 1. The van der Waals surface area contributed by atoms with E-state index in [9.17, 15) is 0 Å². The Bertz CT molecular complexity index is 710. The van der Waals surface area contributed by atoms with Gasteiger partial charge >= 0.3 is 0 Å². The Hall–Kier alpha value is -2.83. The molecule has 0 unspecified atom stereocenters. The average Bonchev–Trinajstić information content (AvgIpc) is 3.05. The molecule has 0 aliphatic heterocycles. The molecule has 0 fully saturated rings. The highest BCUT2D eigenvalue weighted by Gasteiger charge is 2.04. The molecule has 0 spiro atoms. The summed E-state index contributed by atoms with van der Waals surface area (Å²) in [5.41, 5.74) is 1.84. The summed E-state index contributed by atoms with van der Waals surface area (Å²) >= 11 is 0. The van der Waals surface area contributed by atoms with E-state index in [0.29, 0.717) is 5.82 Å². The topological polar surface area (TPSA) is 81.4 Å². The van der Waals surface area contributed by atoms with Crippen LogP contribution in [-0.2, 0) is 6.54 Å². The quantitative estimate of drug-likeness (QED) is 0.700. The smallest absolute Gasteiger partial charge is 0.163 e. The van der Waals surface area contributed by atoms with Crippen LogP contribution in [0.25, 0.3) is 11.4 Å². The summed E-state index contributed by atoms with van der Waals surface area (Å²) in [5, 5.41) is 7.40. The van der Waals surface area contributed by atoms with E-state index in [-0.39, 0.29) is 0 Å². The minimum absolute atomic E-state index is 0.687. The summed E-state index contributed by atoms with van der Waals surface area (Å²) < 4.78 is 1.81. The van der Waals surface area contributed by atoms with Crippen molar-refractivity contribution in [2.75, 3.05) is 11.9 Å². The summed E-state index contributed by atoms with van der Waals surface area (Å²) in [6.45, 7) is 3.59. The van der Waals surface area contributed by atoms with Gasteiger partial charge in [-0.1, -0.05) is 0 Å². The molecule has 3 aromatic rings. The van der Waals surface area contributed by atoms with E-state index < -0.39 is 0 Å². The first kappa shape index (κ1) is 14.1. The van der Waals surface area contributed by atoms with Crippen molar-refractivity contribution in [2.45, 2.75) is 19.9 Å². The van der Waals surface area contributed by atoms with Crippen molar-refractivity contribution in [3.8, 4) is 11.4 Å². The van der Waals surface area contributed by atoms with E-state index in [1.54, 1.807) is 25.0 Å². The lowest BCUT2D eigenvalue weighted by Gasteiger charge is -2.08. The van der Waals surface area contributed by atoms with Gasteiger partial charge in [0.15, 0.2) is 5.82 Å². The van der Waals surface area contributed by atoms with Crippen LogP contribution in [0.2, 0.25) is 0 Å². The second-order valence-electron chi connectivity index (χ2n) is 4.90. The lowest BCUT2D eigenvalue weighted by atomic mass is 10.2. The molecule has 7 nitrogen and oxygen atoms in total. The number of nitrogens with zero attached hydrogens (tertiary/aromatic N) is 6. The summed E-state index contributed by atoms with van der Waals surface area (Å²) in [6, 6.07) is 5.78. The Morgan fingerprint density at radius 2 is 2.18 bits per heavy atom. The molecule has 22 heavy (non-hydrogen) atoms. The SMILES string of the molecule is Cc1cc(NCCCn2cncn2)nc(-c2cccnc2)n1. The zero-order chi connectivity index (χ0) is 15.2. The van der Waals surface area contributed by atoms with Gasteiger partial charge in [-0.25, -0.2) is 15.0 Å². The van der Waals surface area contributed by atoms with Crippen molar-refractivity contribution >= 4 is 5.82 Å². The van der Waals surface area contributed by atoms with Crippen LogP contribution in [0.5, 0.6) is 0 Å². The standard InChI is InChI=1S/C15H17N7/c1-12-8-14(18-6-3-7-22-11-17-10-19-22)21-15(20-12)13-4-2-5-16-9-13/h2,4-5,8-11H,3,6-7H2,1H3,(H,18,20,21). The molecule has 0 amide bonds. The molecule has 0 aromatic carbocycles. The van der Waals surface area contributed by atoms with Gasteiger partial charge in [-0.15, -0.1) is 0 Å². The molecule has 0 aliphatic carbocycles. The van der Waals surface area contributed by atoms with Crippen molar-refractivity contribution < 1.29 is 0 Å². The van der Waals surface area contributed by atoms with Gasteiger partial charge in [0.25, 0.3) is 0 Å². The van der Waals surface area contributed by atoms with Crippen LogP contribution in [0.4, 0.5) is 5.82 Å². The molecule has 0 aliphatic rings. The van der Waals surface area contributed by atoms with Gasteiger partial charge < -0.3 is 5.32 Å². The Morgan fingerprint density at radius 1 is 1.23 bits per heavy atom. The Balaban J connectivity index is 1.63. The van der Waals surface area contributed by atoms with Crippen molar-refractivity contribution in [3.63, 3.8) is 0 Å². The zero-order valence-corrected chi connectivity index (χ0v) is 12.3. The van der Waals surface area contributed by atoms with Crippen LogP contribution in [0.1, 0.15) is 12.1 Å². The molecular weight excluding hydrogens is 278 g/mol. The number of aryl methyl sites for hydroxylation is 2. The number of pyridine rings is 1. The summed E-state index contributed by atoms with van der Waals surface area (Å²) in [5.74, 6) is 1.51. The predicted octanol–water partition coefficient (Wildman–Crippen LogP) is 1.94. The van der Waals surface area contributed by atoms with E-state index in [2.05, 4.69) is 30.4 Å². The Kier molecular flexibility index (Phi) is 4.33. The molecular formula is C15H17N7. The molecule has 0 radical (unpaired) electrons. The largest absolute Gasteiger partial charge is 0.370 e. The van der Waals surface area contributed by atoms with Gasteiger partial charge in [-0.05, 0) is 25.5 Å². The average molecular weight is 295 g/mol. The van der Waals surface area contributed by atoms with Crippen LogP contribution in [0, 0.1) is 6.92 Å². The molecule has 0 atom stereocenters. The maximum atomic E-state index is 4.54. The normalized spacial score (nSPS) is 10.6. The summed E-state index contributed by atoms with van der Waals surface area (Å²) in [4.78, 5) is 17.0. The van der Waals surface area contributed by atoms with Crippen LogP contribution in [0.3, 0.4) is 0 Å². The highest BCUT2D eigenvalue weighted by molar-refractivity contribution is 5.56. The molecule has 3 heterocycles. The lowest BCUT2D eigenvalue weighted by molar-refractivity contribution is 0.590. The number of rotatable bonds is 6. The third-order valence-corrected chi connectivity index (χ3v) is 3.11. The highest BCUT2D eigenvalue weighted by atomic mass is 15.3. The van der Waals surface area contributed by atoms with Crippen LogP contribution >= 0.6 is 0 Å². The van der Waals surface area contributed by atoms with Crippen molar-refractivity contribution in [3.05, 3.63) is 48.9 Å². The monoisotopic (exact) mass is 295 g/mol. The van der Waals surface area contributed by atoms with E-state index in [4.69, 9.17) is 0 Å². The molecule has 0 bridgehead atoms. The first-order valence-corrected chi connectivity index (χ1v) is 7.13. The number of aromatic nitrogens is 6. The Morgan fingerprint density at radius 3 is 2.95 bits per heavy atom. The van der Waals surface area contributed by atoms with Crippen molar-refractivity contribution in [2.24, 2.45) is 0 Å². The van der Waals surface area contributed by atoms with Gasteiger partial charge in [0.1, 0.15) is 18.5 Å². The number of anilines is 1. The second-order valence-corrected chi connectivity index (χ2v) is 4.90. The maximum Gasteiger partial charge on any atom is 0.163 e. The number of hydrogen-bond acceptors (Lipinski definition) is 6. The fourth-order valence-electron chi connectivity index (χ4n) is 2.09. The first-order valence-electron chi connectivity index (χ1n) is 7.13. The van der Waals surface area contributed by atoms with E-state index in [1.165, 1.54) is 0 Å². The third kappa shape index (κ3) is 3.63. The Labute approximate surface area is 128 Å². The molecule has 1 N–H and O–H groups in total. The molecule has 3 rings (SSSR count).